The number of alkyl halides is 2. The summed E-state index contributed by atoms with van der Waals surface area (Å²) in [6.07, 6.45) is 2.99. The number of aryl methyl sites for hydroxylation is 1. The molecule has 8 heteroatoms. The zero-order valence-electron chi connectivity index (χ0n) is 20.4. The van der Waals surface area contributed by atoms with Crippen LogP contribution >= 0.6 is 0 Å². The Morgan fingerprint density at radius 1 is 1.30 bits per heavy atom. The number of aromatic nitrogens is 1. The molecule has 33 heavy (non-hydrogen) atoms. The van der Waals surface area contributed by atoms with Crippen molar-refractivity contribution in [2.75, 3.05) is 33.3 Å². The third-order valence-electron chi connectivity index (χ3n) is 5.83. The van der Waals surface area contributed by atoms with Gasteiger partial charge in [-0.05, 0) is 52.3 Å². The maximum Gasteiger partial charge on any atom is 0.419 e. The Bertz CT molecular complexity index is 1010. The highest BCUT2D eigenvalue weighted by molar-refractivity contribution is 5.95. The van der Waals surface area contributed by atoms with Gasteiger partial charge in [0.05, 0.1) is 19.2 Å². The first-order valence-corrected chi connectivity index (χ1v) is 11.3. The number of allylic oxidation sites excluding steroid dienone is 1. The highest BCUT2D eigenvalue weighted by Gasteiger charge is 2.29. The van der Waals surface area contributed by atoms with Crippen molar-refractivity contribution in [3.05, 3.63) is 41.6 Å². The summed E-state index contributed by atoms with van der Waals surface area (Å²) in [5.41, 5.74) is 2.07. The Kier molecular flexibility index (Phi) is 7.80. The molecule has 1 unspecified atom stereocenters. The maximum atomic E-state index is 12.9. The first-order chi connectivity index (χ1) is 15.5. The minimum atomic E-state index is -2.34. The van der Waals surface area contributed by atoms with Crippen molar-refractivity contribution in [3.63, 3.8) is 0 Å². The SMILES string of the molecule is C/C=C/C1CN(CC(F)F)CCN1Cc1c(OC)cc(C)c2c1ccn2C(=O)OC(C)(C)C. The topological polar surface area (TPSA) is 46.9 Å². The predicted molar refractivity (Wildman–Crippen MR) is 126 cm³/mol. The number of hydrogen-bond acceptors (Lipinski definition) is 5. The van der Waals surface area contributed by atoms with Gasteiger partial charge < -0.3 is 9.47 Å². The summed E-state index contributed by atoms with van der Waals surface area (Å²) in [6.45, 7) is 11.6. The van der Waals surface area contributed by atoms with E-state index >= 15 is 0 Å². The van der Waals surface area contributed by atoms with Crippen LogP contribution in [-0.2, 0) is 11.3 Å². The van der Waals surface area contributed by atoms with E-state index in [1.807, 2.05) is 57.7 Å². The molecule has 0 N–H and O–H groups in total. The Morgan fingerprint density at radius 3 is 2.64 bits per heavy atom. The van der Waals surface area contributed by atoms with E-state index in [9.17, 15) is 13.6 Å². The lowest BCUT2D eigenvalue weighted by molar-refractivity contribution is 0.0378. The lowest BCUT2D eigenvalue weighted by Crippen LogP contribution is -2.52. The molecule has 3 rings (SSSR count). The number of methoxy groups -OCH3 is 1. The second-order valence-electron chi connectivity index (χ2n) is 9.52. The van der Waals surface area contributed by atoms with E-state index in [4.69, 9.17) is 9.47 Å². The fourth-order valence-electron chi connectivity index (χ4n) is 4.44. The number of benzene rings is 1. The Balaban J connectivity index is 1.97. The molecule has 182 valence electrons. The summed E-state index contributed by atoms with van der Waals surface area (Å²) in [5.74, 6) is 0.746. The molecule has 0 spiro atoms. The molecular formula is C25H35F2N3O3. The molecule has 1 aliphatic rings. The number of carbonyl (C=O) groups excluding carboxylic acids is 1. The van der Waals surface area contributed by atoms with Crippen LogP contribution in [0.15, 0.2) is 30.5 Å². The van der Waals surface area contributed by atoms with Gasteiger partial charge in [-0.3, -0.25) is 14.4 Å². The third-order valence-corrected chi connectivity index (χ3v) is 5.83. The van der Waals surface area contributed by atoms with Gasteiger partial charge in [-0.1, -0.05) is 12.2 Å². The Morgan fingerprint density at radius 2 is 2.03 bits per heavy atom. The average molecular weight is 464 g/mol. The van der Waals surface area contributed by atoms with Crippen LogP contribution in [0.25, 0.3) is 10.9 Å². The van der Waals surface area contributed by atoms with Crippen molar-refractivity contribution >= 4 is 17.0 Å². The minimum absolute atomic E-state index is 0.0106. The molecule has 0 aliphatic carbocycles. The Labute approximate surface area is 194 Å². The fraction of sp³-hybridized carbons (Fsp3) is 0.560. The minimum Gasteiger partial charge on any atom is -0.496 e. The van der Waals surface area contributed by atoms with Gasteiger partial charge in [-0.25, -0.2) is 13.6 Å². The summed E-state index contributed by atoms with van der Waals surface area (Å²) < 4.78 is 38.7. The van der Waals surface area contributed by atoms with Gasteiger partial charge in [0.15, 0.2) is 0 Å². The van der Waals surface area contributed by atoms with Gasteiger partial charge in [0, 0.05) is 49.4 Å². The molecule has 1 aromatic heterocycles. The van der Waals surface area contributed by atoms with Crippen LogP contribution < -0.4 is 4.74 Å². The number of nitrogens with zero attached hydrogens (tertiary/aromatic N) is 3. The number of hydrogen-bond donors (Lipinski definition) is 0. The van der Waals surface area contributed by atoms with Gasteiger partial charge in [-0.15, -0.1) is 0 Å². The lowest BCUT2D eigenvalue weighted by atomic mass is 10.0. The quantitative estimate of drug-likeness (QED) is 0.560. The Hall–Kier alpha value is -2.45. The van der Waals surface area contributed by atoms with E-state index in [0.717, 1.165) is 27.8 Å². The second kappa shape index (κ2) is 10.2. The first kappa shape index (κ1) is 25.2. The van der Waals surface area contributed by atoms with Crippen LogP contribution in [0.3, 0.4) is 0 Å². The maximum absolute atomic E-state index is 12.9. The fourth-order valence-corrected chi connectivity index (χ4v) is 4.44. The molecule has 0 saturated carbocycles. The molecule has 1 saturated heterocycles. The van der Waals surface area contributed by atoms with E-state index in [0.29, 0.717) is 26.2 Å². The molecule has 1 fully saturated rings. The highest BCUT2D eigenvalue weighted by Crippen LogP contribution is 2.34. The van der Waals surface area contributed by atoms with Crippen molar-refractivity contribution < 1.29 is 23.0 Å². The van der Waals surface area contributed by atoms with E-state index in [1.54, 1.807) is 17.9 Å². The normalized spacial score (nSPS) is 18.5. The largest absolute Gasteiger partial charge is 0.496 e. The van der Waals surface area contributed by atoms with Crippen LogP contribution in [0.4, 0.5) is 13.6 Å². The van der Waals surface area contributed by atoms with E-state index < -0.39 is 18.1 Å². The van der Waals surface area contributed by atoms with Crippen molar-refractivity contribution in [2.24, 2.45) is 0 Å². The number of piperazine rings is 1. The van der Waals surface area contributed by atoms with Crippen LogP contribution in [0.2, 0.25) is 0 Å². The van der Waals surface area contributed by atoms with E-state index in [1.165, 1.54) is 0 Å². The first-order valence-electron chi connectivity index (χ1n) is 11.3. The van der Waals surface area contributed by atoms with Crippen LogP contribution in [0.5, 0.6) is 5.75 Å². The van der Waals surface area contributed by atoms with Crippen LogP contribution in [-0.4, -0.2) is 71.8 Å². The molecule has 0 radical (unpaired) electrons. The van der Waals surface area contributed by atoms with Gasteiger partial charge in [0.1, 0.15) is 11.4 Å². The molecule has 0 bridgehead atoms. The van der Waals surface area contributed by atoms with Crippen LogP contribution in [0.1, 0.15) is 38.8 Å². The van der Waals surface area contributed by atoms with Crippen molar-refractivity contribution in [1.82, 2.24) is 14.4 Å². The third kappa shape index (κ3) is 5.92. The predicted octanol–water partition coefficient (Wildman–Crippen LogP) is 5.07. The zero-order valence-corrected chi connectivity index (χ0v) is 20.4. The second-order valence-corrected chi connectivity index (χ2v) is 9.52. The molecule has 1 atom stereocenters. The molecule has 2 aromatic rings. The van der Waals surface area contributed by atoms with Gasteiger partial charge >= 0.3 is 6.09 Å². The molecule has 1 aliphatic heterocycles. The van der Waals surface area contributed by atoms with Crippen molar-refractivity contribution in [3.8, 4) is 5.75 Å². The monoisotopic (exact) mass is 463 g/mol. The number of ether oxygens (including phenoxy) is 2. The van der Waals surface area contributed by atoms with Crippen molar-refractivity contribution in [1.29, 1.82) is 0 Å². The molecule has 6 nitrogen and oxygen atoms in total. The number of fused-ring (bicyclic) bond motifs is 1. The number of rotatable bonds is 6. The lowest BCUT2D eigenvalue weighted by Gasteiger charge is -2.40. The van der Waals surface area contributed by atoms with Gasteiger partial charge in [0.2, 0.25) is 0 Å². The van der Waals surface area contributed by atoms with E-state index in [-0.39, 0.29) is 12.6 Å². The summed E-state index contributed by atoms with van der Waals surface area (Å²) >= 11 is 0. The summed E-state index contributed by atoms with van der Waals surface area (Å²) in [4.78, 5) is 16.9. The average Bonchev–Trinajstić information content (AvgIpc) is 3.16. The van der Waals surface area contributed by atoms with E-state index in [2.05, 4.69) is 11.0 Å². The molecule has 1 aromatic carbocycles. The molecular weight excluding hydrogens is 428 g/mol. The smallest absolute Gasteiger partial charge is 0.419 e. The molecule has 0 amide bonds. The zero-order chi connectivity index (χ0) is 24.3. The van der Waals surface area contributed by atoms with Crippen molar-refractivity contribution in [2.45, 2.75) is 59.2 Å². The van der Waals surface area contributed by atoms with Crippen LogP contribution in [0, 0.1) is 6.92 Å². The van der Waals surface area contributed by atoms with Gasteiger partial charge in [-0.2, -0.15) is 0 Å². The number of carbonyl (C=O) groups is 1. The number of halogens is 2. The summed E-state index contributed by atoms with van der Waals surface area (Å²) in [5, 5.41) is 0.923. The summed E-state index contributed by atoms with van der Waals surface area (Å²) in [7, 11) is 1.64. The summed E-state index contributed by atoms with van der Waals surface area (Å²) in [6, 6.07) is 3.87. The highest BCUT2D eigenvalue weighted by atomic mass is 19.3. The standard InChI is InChI=1S/C25H35F2N3O3/c1-7-8-18-14-28(16-22(26)27)11-12-29(18)15-20-19-9-10-30(24(31)33-25(3,4)5)23(19)17(2)13-21(20)32-6/h7-10,13,18,22H,11-12,14-16H2,1-6H3/b8-7+. The van der Waals surface area contributed by atoms with Gasteiger partial charge in [0.25, 0.3) is 6.43 Å². The molecule has 2 heterocycles.